The van der Waals surface area contributed by atoms with Crippen LogP contribution in [0.25, 0.3) is 0 Å². The highest BCUT2D eigenvalue weighted by molar-refractivity contribution is 7.92. The average Bonchev–Trinajstić information content (AvgIpc) is 2.66. The molecule has 1 fully saturated rings. The number of aryl methyl sites for hydroxylation is 3. The molecule has 0 atom stereocenters. The molecular weight excluding hydrogens is 396 g/mol. The van der Waals surface area contributed by atoms with Crippen LogP contribution in [-0.2, 0) is 20.0 Å². The molecule has 1 aliphatic rings. The largest absolute Gasteiger partial charge is 0.280 e. The van der Waals surface area contributed by atoms with Gasteiger partial charge >= 0.3 is 0 Å². The van der Waals surface area contributed by atoms with Gasteiger partial charge in [-0.3, -0.25) is 4.72 Å². The molecule has 3 rings (SSSR count). The van der Waals surface area contributed by atoms with E-state index >= 15 is 0 Å². The van der Waals surface area contributed by atoms with Crippen molar-refractivity contribution in [2.75, 3.05) is 17.8 Å². The topological polar surface area (TPSA) is 83.5 Å². The minimum absolute atomic E-state index is 0.148. The molecule has 6 nitrogen and oxygen atoms in total. The van der Waals surface area contributed by atoms with E-state index in [0.29, 0.717) is 18.7 Å². The number of hydrogen-bond acceptors (Lipinski definition) is 4. The monoisotopic (exact) mass is 422 g/mol. The SMILES string of the molecule is Cc1ccc(S(=O)(=O)Nc2ccc(C)c(S(=O)(=O)N3CCCCC3)c2)cc1C. The smallest absolute Gasteiger partial charge is 0.261 e. The molecule has 0 saturated carbocycles. The lowest BCUT2D eigenvalue weighted by Gasteiger charge is -2.26. The van der Waals surface area contributed by atoms with Crippen LogP contribution < -0.4 is 4.72 Å². The van der Waals surface area contributed by atoms with Gasteiger partial charge in [-0.2, -0.15) is 4.31 Å². The Balaban J connectivity index is 1.93. The first kappa shape index (κ1) is 20.8. The molecule has 1 heterocycles. The third kappa shape index (κ3) is 4.24. The highest BCUT2D eigenvalue weighted by Gasteiger charge is 2.28. The zero-order valence-electron chi connectivity index (χ0n) is 16.4. The third-order valence-electron chi connectivity index (χ3n) is 5.16. The number of anilines is 1. The summed E-state index contributed by atoms with van der Waals surface area (Å²) in [5.74, 6) is 0. The molecule has 2 aromatic carbocycles. The minimum atomic E-state index is -3.81. The van der Waals surface area contributed by atoms with E-state index in [-0.39, 0.29) is 15.5 Å². The van der Waals surface area contributed by atoms with Crippen LogP contribution >= 0.6 is 0 Å². The molecule has 1 N–H and O–H groups in total. The molecule has 0 spiro atoms. The average molecular weight is 423 g/mol. The number of nitrogens with zero attached hydrogens (tertiary/aromatic N) is 1. The summed E-state index contributed by atoms with van der Waals surface area (Å²) in [6.45, 7) is 6.49. The molecule has 28 heavy (non-hydrogen) atoms. The maximum atomic E-state index is 13.0. The first-order valence-corrected chi connectivity index (χ1v) is 12.2. The third-order valence-corrected chi connectivity index (χ3v) is 8.58. The summed E-state index contributed by atoms with van der Waals surface area (Å²) in [7, 11) is -7.46. The van der Waals surface area contributed by atoms with E-state index in [1.807, 2.05) is 13.8 Å². The maximum Gasteiger partial charge on any atom is 0.261 e. The van der Waals surface area contributed by atoms with Gasteiger partial charge in [-0.1, -0.05) is 18.6 Å². The fraction of sp³-hybridized carbons (Fsp3) is 0.400. The summed E-state index contributed by atoms with van der Waals surface area (Å²) in [5, 5.41) is 0. The van der Waals surface area contributed by atoms with Gasteiger partial charge in [0.25, 0.3) is 10.0 Å². The van der Waals surface area contributed by atoms with Gasteiger partial charge in [0.05, 0.1) is 15.5 Å². The van der Waals surface area contributed by atoms with Gasteiger partial charge in [0, 0.05) is 13.1 Å². The molecule has 2 aromatic rings. The lowest BCUT2D eigenvalue weighted by Crippen LogP contribution is -2.36. The number of nitrogens with one attached hydrogen (secondary N) is 1. The number of hydrogen-bond donors (Lipinski definition) is 1. The lowest BCUT2D eigenvalue weighted by molar-refractivity contribution is 0.346. The van der Waals surface area contributed by atoms with Crippen LogP contribution in [0, 0.1) is 20.8 Å². The molecule has 8 heteroatoms. The van der Waals surface area contributed by atoms with Crippen molar-refractivity contribution < 1.29 is 16.8 Å². The first-order valence-electron chi connectivity index (χ1n) is 9.32. The van der Waals surface area contributed by atoms with Crippen LogP contribution in [0.15, 0.2) is 46.2 Å². The van der Waals surface area contributed by atoms with E-state index in [0.717, 1.165) is 30.4 Å². The summed E-state index contributed by atoms with van der Waals surface area (Å²) >= 11 is 0. The van der Waals surface area contributed by atoms with Crippen molar-refractivity contribution in [3.05, 3.63) is 53.1 Å². The standard InChI is InChI=1S/C20H26N2O4S2/c1-15-8-10-19(13-17(15)3)27(23,24)21-18-9-7-16(2)20(14-18)28(25,26)22-11-5-4-6-12-22/h7-10,13-14,21H,4-6,11-12H2,1-3H3. The van der Waals surface area contributed by atoms with Crippen molar-refractivity contribution in [2.24, 2.45) is 0 Å². The Labute approximate surface area is 167 Å². The lowest BCUT2D eigenvalue weighted by atomic mass is 10.1. The molecule has 1 saturated heterocycles. The Morgan fingerprint density at radius 3 is 2.07 bits per heavy atom. The first-order chi connectivity index (χ1) is 13.1. The van der Waals surface area contributed by atoms with Crippen LogP contribution in [0.3, 0.4) is 0 Å². The van der Waals surface area contributed by atoms with Crippen molar-refractivity contribution in [3.63, 3.8) is 0 Å². The highest BCUT2D eigenvalue weighted by Crippen LogP contribution is 2.27. The predicted molar refractivity (Wildman–Crippen MR) is 111 cm³/mol. The second-order valence-electron chi connectivity index (χ2n) is 7.30. The van der Waals surface area contributed by atoms with E-state index in [2.05, 4.69) is 4.72 Å². The van der Waals surface area contributed by atoms with Gasteiger partial charge in [0.15, 0.2) is 0 Å². The maximum absolute atomic E-state index is 13.0. The fourth-order valence-electron chi connectivity index (χ4n) is 3.28. The summed E-state index contributed by atoms with van der Waals surface area (Å²) in [6.07, 6.45) is 2.72. The second kappa shape index (κ2) is 7.85. The van der Waals surface area contributed by atoms with Gasteiger partial charge in [0.2, 0.25) is 10.0 Å². The van der Waals surface area contributed by atoms with Crippen molar-refractivity contribution >= 4 is 25.7 Å². The molecular formula is C20H26N2O4S2. The van der Waals surface area contributed by atoms with Crippen LogP contribution in [-0.4, -0.2) is 34.2 Å². The summed E-state index contributed by atoms with van der Waals surface area (Å²) < 4.78 is 55.5. The van der Waals surface area contributed by atoms with Gasteiger partial charge in [-0.15, -0.1) is 0 Å². The van der Waals surface area contributed by atoms with Crippen LogP contribution in [0.2, 0.25) is 0 Å². The van der Waals surface area contributed by atoms with Crippen molar-refractivity contribution in [1.29, 1.82) is 0 Å². The molecule has 1 aliphatic heterocycles. The Bertz CT molecular complexity index is 1090. The Hall–Kier alpha value is -1.90. The molecule has 0 aromatic heterocycles. The fourth-order valence-corrected chi connectivity index (χ4v) is 6.18. The molecule has 0 unspecified atom stereocenters. The minimum Gasteiger partial charge on any atom is -0.280 e. The summed E-state index contributed by atoms with van der Waals surface area (Å²) in [4.78, 5) is 0.297. The molecule has 0 radical (unpaired) electrons. The Morgan fingerprint density at radius 1 is 0.786 bits per heavy atom. The zero-order valence-corrected chi connectivity index (χ0v) is 18.0. The number of benzene rings is 2. The van der Waals surface area contributed by atoms with Crippen LogP contribution in [0.5, 0.6) is 0 Å². The highest BCUT2D eigenvalue weighted by atomic mass is 32.2. The summed E-state index contributed by atoms with van der Waals surface area (Å²) in [5.41, 5.74) is 2.71. The van der Waals surface area contributed by atoms with Gasteiger partial charge in [0.1, 0.15) is 0 Å². The normalized spacial score (nSPS) is 16.1. The van der Waals surface area contributed by atoms with Crippen molar-refractivity contribution in [1.82, 2.24) is 4.31 Å². The van der Waals surface area contributed by atoms with Crippen molar-refractivity contribution in [3.8, 4) is 0 Å². The number of piperidine rings is 1. The Kier molecular flexibility index (Phi) is 5.84. The second-order valence-corrected chi connectivity index (χ2v) is 10.9. The molecule has 0 amide bonds. The van der Waals surface area contributed by atoms with E-state index in [9.17, 15) is 16.8 Å². The molecule has 152 valence electrons. The van der Waals surface area contributed by atoms with Crippen molar-refractivity contribution in [2.45, 2.75) is 49.8 Å². The van der Waals surface area contributed by atoms with Gasteiger partial charge in [-0.25, -0.2) is 16.8 Å². The van der Waals surface area contributed by atoms with Gasteiger partial charge < -0.3 is 0 Å². The van der Waals surface area contributed by atoms with Gasteiger partial charge in [-0.05, 0) is 74.6 Å². The van der Waals surface area contributed by atoms with E-state index < -0.39 is 20.0 Å². The quantitative estimate of drug-likeness (QED) is 0.798. The Morgan fingerprint density at radius 2 is 1.43 bits per heavy atom. The van der Waals surface area contributed by atoms with E-state index in [4.69, 9.17) is 0 Å². The van der Waals surface area contributed by atoms with E-state index in [1.165, 1.54) is 10.4 Å². The summed E-state index contributed by atoms with van der Waals surface area (Å²) in [6, 6.07) is 9.54. The van der Waals surface area contributed by atoms with Crippen LogP contribution in [0.4, 0.5) is 5.69 Å². The predicted octanol–water partition coefficient (Wildman–Crippen LogP) is 3.59. The molecule has 0 aliphatic carbocycles. The van der Waals surface area contributed by atoms with Crippen LogP contribution in [0.1, 0.15) is 36.0 Å². The number of sulfonamides is 2. The number of rotatable bonds is 5. The zero-order chi connectivity index (χ0) is 20.5. The van der Waals surface area contributed by atoms with E-state index in [1.54, 1.807) is 37.3 Å². The molecule has 0 bridgehead atoms.